The van der Waals surface area contributed by atoms with E-state index < -0.39 is 14.4 Å². The smallest absolute Gasteiger partial charge is 0.216 e. The summed E-state index contributed by atoms with van der Waals surface area (Å²) >= 11 is 0. The zero-order valence-corrected chi connectivity index (χ0v) is 33.4. The number of rotatable bonds is 6. The number of fused-ring (bicyclic) bond motifs is 3. The van der Waals surface area contributed by atoms with Crippen LogP contribution in [0.1, 0.15) is 48.5 Å². The van der Waals surface area contributed by atoms with Gasteiger partial charge in [-0.15, -0.1) is 53.6 Å². The first-order valence-corrected chi connectivity index (χ1v) is 20.4. The van der Waals surface area contributed by atoms with Crippen molar-refractivity contribution in [3.63, 3.8) is 0 Å². The van der Waals surface area contributed by atoms with Crippen LogP contribution < -0.4 is 5.19 Å². The Morgan fingerprint density at radius 2 is 1.54 bits per heavy atom. The summed E-state index contributed by atoms with van der Waals surface area (Å²) in [6, 6.07) is 38.6. The fourth-order valence-electron chi connectivity index (χ4n) is 5.80. The van der Waals surface area contributed by atoms with Crippen LogP contribution >= 0.6 is 0 Å². The average molecular weight is 854 g/mol. The van der Waals surface area contributed by atoms with Gasteiger partial charge in [0.15, 0.2) is 0 Å². The van der Waals surface area contributed by atoms with Crippen molar-refractivity contribution >= 4 is 35.3 Å². The minimum Gasteiger partial charge on any atom is -0.486 e. The van der Waals surface area contributed by atoms with E-state index in [9.17, 15) is 0 Å². The predicted molar refractivity (Wildman–Crippen MR) is 208 cm³/mol. The third-order valence-electron chi connectivity index (χ3n) is 8.39. The molecule has 0 unspecified atom stereocenters. The molecule has 4 aromatic heterocycles. The van der Waals surface area contributed by atoms with Gasteiger partial charge >= 0.3 is 0 Å². The number of hydrogen-bond donors (Lipinski definition) is 0. The maximum absolute atomic E-state index is 8.69. The van der Waals surface area contributed by atoms with Gasteiger partial charge in [-0.25, -0.2) is 4.98 Å². The van der Waals surface area contributed by atoms with E-state index in [4.69, 9.17) is 17.1 Å². The van der Waals surface area contributed by atoms with Gasteiger partial charge in [-0.2, -0.15) is 0 Å². The molecule has 1 radical (unpaired) electrons. The van der Waals surface area contributed by atoms with E-state index >= 15 is 0 Å². The quantitative estimate of drug-likeness (QED) is 0.124. The van der Waals surface area contributed by atoms with Crippen LogP contribution in [0.25, 0.3) is 55.8 Å². The molecule has 257 valence electrons. The Labute approximate surface area is 314 Å². The second-order valence-electron chi connectivity index (χ2n) is 14.7. The molecule has 0 aliphatic heterocycles. The maximum Gasteiger partial charge on any atom is 0.216 e. The first-order chi connectivity index (χ1) is 24.1. The summed E-state index contributed by atoms with van der Waals surface area (Å²) < 4.78 is 23.5. The Hall–Kier alpha value is -4.22. The molecule has 7 aromatic rings. The van der Waals surface area contributed by atoms with E-state index in [0.29, 0.717) is 5.71 Å². The van der Waals surface area contributed by atoms with Gasteiger partial charge in [-0.3, -0.25) is 0 Å². The second kappa shape index (κ2) is 15.3. The fourth-order valence-corrected chi connectivity index (χ4v) is 7.21. The summed E-state index contributed by atoms with van der Waals surface area (Å²) in [5, 5.41) is 3.13. The molecule has 4 heterocycles. The number of pyridine rings is 3. The van der Waals surface area contributed by atoms with Crippen LogP contribution in [-0.2, 0) is 31.9 Å². The molecule has 0 N–H and O–H groups in total. The molecule has 0 fully saturated rings. The fraction of sp³-hybridized carbons (Fsp3) is 0.250. The standard InChI is InChI=1S/C22H13N2O.C22H32NSi.Ir/c1-2-7-15(8-3-1)19-13-12-17-16-9-6-10-18(20-11-4-5-14-23-20)21(16)25-22(17)24-19;1-16(2)12-18-14-20(23-15-21(18)24(6,7)8)17-10-9-11-19(13-17)22(3,4)5;/h1-9,11-14H;9,11,13-16H,12H2,1-8H3;/q2*-1;/i;12D2;. The molecule has 0 saturated carbocycles. The van der Waals surface area contributed by atoms with Crippen LogP contribution in [0.4, 0.5) is 0 Å². The van der Waals surface area contributed by atoms with Crippen molar-refractivity contribution in [2.75, 3.05) is 0 Å². The summed E-state index contributed by atoms with van der Waals surface area (Å²) in [5.74, 6) is -0.0993. The molecule has 0 aliphatic carbocycles. The van der Waals surface area contributed by atoms with Crippen molar-refractivity contribution in [2.24, 2.45) is 5.92 Å². The summed E-state index contributed by atoms with van der Waals surface area (Å²) in [7, 11) is -1.71. The van der Waals surface area contributed by atoms with Crippen molar-refractivity contribution in [2.45, 2.75) is 66.0 Å². The third kappa shape index (κ3) is 8.38. The van der Waals surface area contributed by atoms with E-state index in [1.165, 1.54) is 5.56 Å². The Bertz CT molecular complexity index is 2290. The number of nitrogens with zero attached hydrogens (tertiary/aromatic N) is 3. The molecule has 0 saturated heterocycles. The van der Waals surface area contributed by atoms with E-state index in [1.807, 2.05) is 98.9 Å². The van der Waals surface area contributed by atoms with Gasteiger partial charge in [-0.05, 0) is 52.5 Å². The number of benzene rings is 3. The molecule has 7 rings (SSSR count). The Kier molecular flexibility index (Phi) is 10.5. The normalized spacial score (nSPS) is 12.6. The Morgan fingerprint density at radius 3 is 2.22 bits per heavy atom. The van der Waals surface area contributed by atoms with E-state index in [1.54, 1.807) is 6.20 Å². The molecule has 0 amide bonds. The predicted octanol–water partition coefficient (Wildman–Crippen LogP) is 11.1. The van der Waals surface area contributed by atoms with Gasteiger partial charge in [0.05, 0.1) is 19.4 Å². The molecular formula is C44H45IrN3OSi-2. The zero-order valence-electron chi connectivity index (χ0n) is 32.1. The van der Waals surface area contributed by atoms with Gasteiger partial charge in [0.1, 0.15) is 0 Å². The summed E-state index contributed by atoms with van der Waals surface area (Å²) in [4.78, 5) is 13.8. The van der Waals surface area contributed by atoms with Gasteiger partial charge < -0.3 is 14.4 Å². The van der Waals surface area contributed by atoms with Crippen molar-refractivity contribution < 1.29 is 27.3 Å². The molecule has 6 heteroatoms. The van der Waals surface area contributed by atoms with Crippen LogP contribution in [0.5, 0.6) is 0 Å². The van der Waals surface area contributed by atoms with Crippen LogP contribution in [0.15, 0.2) is 114 Å². The molecule has 0 aliphatic rings. The second-order valence-corrected chi connectivity index (χ2v) is 19.8. The van der Waals surface area contributed by atoms with Crippen molar-refractivity contribution in [3.05, 3.63) is 133 Å². The first kappa shape index (κ1) is 34.2. The Balaban J connectivity index is 0.000000197. The van der Waals surface area contributed by atoms with E-state index in [2.05, 4.69) is 75.7 Å². The summed E-state index contributed by atoms with van der Waals surface area (Å²) in [6.07, 6.45) is 2.31. The molecular weight excluding hydrogens is 807 g/mol. The van der Waals surface area contributed by atoms with Crippen molar-refractivity contribution in [1.82, 2.24) is 15.0 Å². The number of hydrogen-bond acceptors (Lipinski definition) is 4. The number of furan rings is 1. The molecule has 50 heavy (non-hydrogen) atoms. The van der Waals surface area contributed by atoms with Gasteiger partial charge in [0.25, 0.3) is 0 Å². The summed E-state index contributed by atoms with van der Waals surface area (Å²) in [6.45, 7) is 17.2. The van der Waals surface area contributed by atoms with Gasteiger partial charge in [-0.1, -0.05) is 119 Å². The number of aromatic nitrogens is 3. The largest absolute Gasteiger partial charge is 0.486 e. The molecule has 4 nitrogen and oxygen atoms in total. The molecule has 0 spiro atoms. The first-order valence-electron chi connectivity index (χ1n) is 17.9. The van der Waals surface area contributed by atoms with Gasteiger partial charge in [0.2, 0.25) is 5.71 Å². The average Bonchev–Trinajstić information content (AvgIpc) is 3.50. The van der Waals surface area contributed by atoms with Crippen LogP contribution in [0.3, 0.4) is 0 Å². The minimum absolute atomic E-state index is 0. The van der Waals surface area contributed by atoms with Crippen LogP contribution in [-0.4, -0.2) is 23.0 Å². The Morgan fingerprint density at radius 1 is 0.800 bits per heavy atom. The molecule has 0 bridgehead atoms. The molecule has 0 atom stereocenters. The zero-order chi connectivity index (χ0) is 36.6. The van der Waals surface area contributed by atoms with Crippen LogP contribution in [0, 0.1) is 18.1 Å². The third-order valence-corrected chi connectivity index (χ3v) is 10.4. The van der Waals surface area contributed by atoms with Crippen LogP contribution in [0.2, 0.25) is 19.6 Å². The minimum atomic E-state index is -1.71. The molecule has 3 aromatic carbocycles. The SMILES string of the molecule is [2H]C([2H])(c1cc(-c2[c-]ccc(C(C)(C)C)c2)ncc1[Si](C)(C)C)C(C)C.[Ir].[c-]1ccc2c(oc3nc(-c4ccccc4)ccc32)c1-c1ccccn1. The van der Waals surface area contributed by atoms with Crippen molar-refractivity contribution in [1.29, 1.82) is 0 Å². The summed E-state index contributed by atoms with van der Waals surface area (Å²) in [5.41, 5.74) is 8.89. The van der Waals surface area contributed by atoms with E-state index in [-0.39, 0.29) is 31.4 Å². The topological polar surface area (TPSA) is 51.8 Å². The van der Waals surface area contributed by atoms with E-state index in [0.717, 1.165) is 60.9 Å². The van der Waals surface area contributed by atoms with Crippen molar-refractivity contribution in [3.8, 4) is 33.8 Å². The monoisotopic (exact) mass is 854 g/mol. The maximum atomic E-state index is 8.69. The van der Waals surface area contributed by atoms with Gasteiger partial charge in [0, 0.05) is 46.2 Å².